The van der Waals surface area contributed by atoms with E-state index in [1.807, 2.05) is 0 Å². The third kappa shape index (κ3) is 4.04. The van der Waals surface area contributed by atoms with Gasteiger partial charge in [0, 0.05) is 49.8 Å². The summed E-state index contributed by atoms with van der Waals surface area (Å²) >= 11 is 1.49. The number of fused-ring (bicyclic) bond motifs is 1. The van der Waals surface area contributed by atoms with Gasteiger partial charge in [-0.25, -0.2) is 14.4 Å². The van der Waals surface area contributed by atoms with Crippen LogP contribution in [0.15, 0.2) is 41.5 Å². The van der Waals surface area contributed by atoms with Crippen LogP contribution in [0.2, 0.25) is 0 Å². The van der Waals surface area contributed by atoms with Gasteiger partial charge in [0.05, 0.1) is 6.61 Å². The average molecular weight is 407 g/mol. The van der Waals surface area contributed by atoms with E-state index in [1.54, 1.807) is 38.5 Å². The quantitative estimate of drug-likeness (QED) is 0.771. The zero-order valence-electron chi connectivity index (χ0n) is 15.8. The number of nitrogens with two attached hydrogens (primary N) is 1. The number of hydrogen-bond acceptors (Lipinski definition) is 6. The second-order valence-corrected chi connectivity index (χ2v) is 7.71. The molecule has 2 unspecified atom stereocenters. The Labute approximate surface area is 167 Å². The van der Waals surface area contributed by atoms with Gasteiger partial charge in [-0.15, -0.1) is 0 Å². The highest BCUT2D eigenvalue weighted by Crippen LogP contribution is 2.46. The minimum absolute atomic E-state index is 0.127. The van der Waals surface area contributed by atoms with Crippen LogP contribution < -0.4 is 5.73 Å². The van der Waals surface area contributed by atoms with E-state index in [-0.39, 0.29) is 18.3 Å². The van der Waals surface area contributed by atoms with Gasteiger partial charge in [0.1, 0.15) is 11.4 Å². The lowest BCUT2D eigenvalue weighted by molar-refractivity contribution is 0.00303. The van der Waals surface area contributed by atoms with Gasteiger partial charge in [0.25, 0.3) is 0 Å². The SMILES string of the molecule is COC.NC1=NC2(c3cc(-c4cccnc4F)ccc3F)COCCC2CS1. The van der Waals surface area contributed by atoms with E-state index < -0.39 is 11.5 Å². The molecule has 28 heavy (non-hydrogen) atoms. The maximum Gasteiger partial charge on any atom is 0.220 e. The standard InChI is InChI=1S/C18H17F2N3OS.C2H6O/c19-15-4-3-11(13-2-1-6-22-16(13)20)8-14(15)18-10-24-7-5-12(18)9-25-17(21)23-18;1-3-2/h1-4,6,8,12H,5,7,9-10H2,(H2,21,23);1-2H3. The molecule has 1 saturated heterocycles. The Balaban J connectivity index is 0.000000706. The maximum atomic E-state index is 14.8. The van der Waals surface area contributed by atoms with Crippen LogP contribution in [-0.2, 0) is 15.0 Å². The Morgan fingerprint density at radius 3 is 2.82 bits per heavy atom. The van der Waals surface area contributed by atoms with Crippen LogP contribution in [0.4, 0.5) is 8.78 Å². The molecule has 2 aliphatic rings. The number of pyridine rings is 1. The van der Waals surface area contributed by atoms with Gasteiger partial charge >= 0.3 is 0 Å². The Morgan fingerprint density at radius 1 is 1.29 bits per heavy atom. The van der Waals surface area contributed by atoms with E-state index in [4.69, 9.17) is 10.5 Å². The number of halogens is 2. The fourth-order valence-corrected chi connectivity index (χ4v) is 4.60. The molecule has 0 amide bonds. The summed E-state index contributed by atoms with van der Waals surface area (Å²) in [6, 6.07) is 7.84. The largest absolute Gasteiger partial charge is 0.388 e. The van der Waals surface area contributed by atoms with Crippen molar-refractivity contribution in [3.63, 3.8) is 0 Å². The predicted molar refractivity (Wildman–Crippen MR) is 107 cm³/mol. The third-order valence-electron chi connectivity index (χ3n) is 4.85. The predicted octanol–water partition coefficient (Wildman–Crippen LogP) is 3.58. The van der Waals surface area contributed by atoms with Crippen molar-refractivity contribution in [3.8, 4) is 11.1 Å². The number of nitrogens with zero attached hydrogens (tertiary/aromatic N) is 2. The normalized spacial score (nSPS) is 23.9. The van der Waals surface area contributed by atoms with Crippen molar-refractivity contribution in [2.24, 2.45) is 16.6 Å². The van der Waals surface area contributed by atoms with Crippen molar-refractivity contribution >= 4 is 16.9 Å². The molecule has 0 radical (unpaired) electrons. The van der Waals surface area contributed by atoms with E-state index >= 15 is 0 Å². The fourth-order valence-electron chi connectivity index (χ4n) is 3.55. The molecule has 5 nitrogen and oxygen atoms in total. The number of benzene rings is 1. The molecule has 0 spiro atoms. The van der Waals surface area contributed by atoms with Gasteiger partial charge in [-0.05, 0) is 36.2 Å². The van der Waals surface area contributed by atoms with Crippen molar-refractivity contribution < 1.29 is 18.3 Å². The summed E-state index contributed by atoms with van der Waals surface area (Å²) in [5.74, 6) is -0.0749. The van der Waals surface area contributed by atoms with Gasteiger partial charge in [-0.2, -0.15) is 4.39 Å². The molecule has 8 heteroatoms. The van der Waals surface area contributed by atoms with Gasteiger partial charge in [-0.1, -0.05) is 17.8 Å². The van der Waals surface area contributed by atoms with Gasteiger partial charge in [0.15, 0.2) is 5.17 Å². The van der Waals surface area contributed by atoms with E-state index in [0.717, 1.165) is 12.2 Å². The highest BCUT2D eigenvalue weighted by Gasteiger charge is 2.47. The summed E-state index contributed by atoms with van der Waals surface area (Å²) in [7, 11) is 3.25. The summed E-state index contributed by atoms with van der Waals surface area (Å²) in [5, 5.41) is 0.430. The molecule has 2 atom stereocenters. The van der Waals surface area contributed by atoms with Gasteiger partial charge in [-0.3, -0.25) is 0 Å². The Hall–Kier alpha value is -2.03. The average Bonchev–Trinajstić information content (AvgIpc) is 2.69. The lowest BCUT2D eigenvalue weighted by Gasteiger charge is -2.43. The molecule has 3 heterocycles. The number of rotatable bonds is 2. The molecule has 150 valence electrons. The molecule has 2 aliphatic heterocycles. The van der Waals surface area contributed by atoms with Crippen LogP contribution >= 0.6 is 11.8 Å². The van der Waals surface area contributed by atoms with Crippen LogP contribution in [0.3, 0.4) is 0 Å². The first-order valence-corrected chi connectivity index (χ1v) is 9.87. The number of ether oxygens (including phenoxy) is 2. The summed E-state index contributed by atoms with van der Waals surface area (Å²) < 4.78 is 38.7. The number of aromatic nitrogens is 1. The molecule has 0 bridgehead atoms. The van der Waals surface area contributed by atoms with Crippen molar-refractivity contribution in [3.05, 3.63) is 53.9 Å². The second kappa shape index (κ2) is 8.98. The summed E-state index contributed by atoms with van der Waals surface area (Å²) in [4.78, 5) is 8.28. The smallest absolute Gasteiger partial charge is 0.220 e. The van der Waals surface area contributed by atoms with Crippen LogP contribution in [0.5, 0.6) is 0 Å². The molecular formula is C20H23F2N3O2S. The number of amidine groups is 1. The van der Waals surface area contributed by atoms with Crippen LogP contribution in [0.1, 0.15) is 12.0 Å². The topological polar surface area (TPSA) is 69.7 Å². The number of hydrogen-bond donors (Lipinski definition) is 1. The minimum atomic E-state index is -0.855. The zero-order chi connectivity index (χ0) is 20.1. The summed E-state index contributed by atoms with van der Waals surface area (Å²) in [5.41, 5.74) is 6.39. The number of methoxy groups -OCH3 is 1. The second-order valence-electron chi connectivity index (χ2n) is 6.67. The molecular weight excluding hydrogens is 384 g/mol. The van der Waals surface area contributed by atoms with Crippen LogP contribution in [0.25, 0.3) is 11.1 Å². The lowest BCUT2D eigenvalue weighted by atomic mass is 9.76. The molecule has 2 aromatic rings. The highest BCUT2D eigenvalue weighted by molar-refractivity contribution is 8.13. The van der Waals surface area contributed by atoms with E-state index in [0.29, 0.717) is 28.5 Å². The Bertz CT molecular complexity index is 865. The molecule has 2 N–H and O–H groups in total. The molecule has 1 aromatic carbocycles. The molecule has 0 saturated carbocycles. The van der Waals surface area contributed by atoms with E-state index in [9.17, 15) is 8.78 Å². The summed E-state index contributed by atoms with van der Waals surface area (Å²) in [6.45, 7) is 0.899. The van der Waals surface area contributed by atoms with Crippen LogP contribution in [-0.4, -0.2) is 43.3 Å². The molecule has 1 aromatic heterocycles. The lowest BCUT2D eigenvalue weighted by Crippen LogP contribution is -2.48. The van der Waals surface area contributed by atoms with E-state index in [1.165, 1.54) is 24.0 Å². The first-order chi connectivity index (χ1) is 13.5. The Kier molecular flexibility index (Phi) is 6.64. The van der Waals surface area contributed by atoms with Crippen molar-refractivity contribution in [2.75, 3.05) is 33.2 Å². The van der Waals surface area contributed by atoms with E-state index in [2.05, 4.69) is 14.7 Å². The zero-order valence-corrected chi connectivity index (χ0v) is 16.6. The summed E-state index contributed by atoms with van der Waals surface area (Å²) in [6.07, 6.45) is 2.17. The van der Waals surface area contributed by atoms with Crippen molar-refractivity contribution in [1.82, 2.24) is 4.98 Å². The van der Waals surface area contributed by atoms with Gasteiger partial charge < -0.3 is 15.2 Å². The first kappa shape index (κ1) is 20.7. The molecule has 1 fully saturated rings. The Morgan fingerprint density at radius 2 is 2.07 bits per heavy atom. The third-order valence-corrected chi connectivity index (χ3v) is 5.81. The minimum Gasteiger partial charge on any atom is -0.388 e. The maximum absolute atomic E-state index is 14.8. The van der Waals surface area contributed by atoms with Gasteiger partial charge in [0.2, 0.25) is 5.95 Å². The van der Waals surface area contributed by atoms with Crippen molar-refractivity contribution in [2.45, 2.75) is 12.0 Å². The molecule has 4 rings (SSSR count). The fraction of sp³-hybridized carbons (Fsp3) is 0.400. The monoisotopic (exact) mass is 407 g/mol. The van der Waals surface area contributed by atoms with Crippen molar-refractivity contribution in [1.29, 1.82) is 0 Å². The first-order valence-electron chi connectivity index (χ1n) is 8.88. The number of aliphatic imine (C=N–C) groups is 1. The molecule has 0 aliphatic carbocycles. The highest BCUT2D eigenvalue weighted by atomic mass is 32.2. The number of thioether (sulfide) groups is 1. The van der Waals surface area contributed by atoms with Crippen LogP contribution in [0, 0.1) is 17.7 Å².